The Hall–Kier alpha value is -2.93. The summed E-state index contributed by atoms with van der Waals surface area (Å²) in [5.41, 5.74) is 2.22. The number of amides is 1. The molecule has 0 spiro atoms. The standard InChI is InChI=1S/C18H21N3O4/c1-13-8-9-17(25-3)14(10-13)11-20(2)12-18(22)19-15-6-4-5-7-16(15)21(23)24/h4-10H,11-12H2,1-3H3,(H,19,22)/p+1. The monoisotopic (exact) mass is 344 g/mol. The second-order valence-electron chi connectivity index (χ2n) is 5.95. The molecule has 2 N–H and O–H groups in total. The quantitative estimate of drug-likeness (QED) is 0.590. The van der Waals surface area contributed by atoms with E-state index in [-0.39, 0.29) is 23.8 Å². The second kappa shape index (κ2) is 8.25. The normalized spacial score (nSPS) is 11.6. The van der Waals surface area contributed by atoms with Gasteiger partial charge in [-0.15, -0.1) is 0 Å². The van der Waals surface area contributed by atoms with E-state index in [0.717, 1.165) is 21.8 Å². The van der Waals surface area contributed by atoms with Crippen molar-refractivity contribution in [1.29, 1.82) is 0 Å². The number of carbonyl (C=O) groups excluding carboxylic acids is 1. The smallest absolute Gasteiger partial charge is 0.292 e. The molecule has 25 heavy (non-hydrogen) atoms. The maximum Gasteiger partial charge on any atom is 0.292 e. The van der Waals surface area contributed by atoms with E-state index in [1.807, 2.05) is 32.2 Å². The Morgan fingerprint density at radius 3 is 2.68 bits per heavy atom. The summed E-state index contributed by atoms with van der Waals surface area (Å²) in [4.78, 5) is 23.7. The Kier molecular flexibility index (Phi) is 6.08. The third-order valence-corrected chi connectivity index (χ3v) is 3.77. The number of aryl methyl sites for hydroxylation is 1. The summed E-state index contributed by atoms with van der Waals surface area (Å²) in [5, 5.41) is 13.6. The number of nitrogens with zero attached hydrogens (tertiary/aromatic N) is 1. The van der Waals surface area contributed by atoms with Gasteiger partial charge in [0, 0.05) is 11.6 Å². The maximum absolute atomic E-state index is 12.2. The van der Waals surface area contributed by atoms with E-state index in [1.165, 1.54) is 12.1 Å². The summed E-state index contributed by atoms with van der Waals surface area (Å²) in [5.74, 6) is 0.502. The number of likely N-dealkylation sites (N-methyl/N-ethyl adjacent to an activating group) is 1. The molecule has 0 saturated heterocycles. The molecule has 0 saturated carbocycles. The number of nitro groups is 1. The van der Waals surface area contributed by atoms with E-state index in [9.17, 15) is 14.9 Å². The third-order valence-electron chi connectivity index (χ3n) is 3.77. The Bertz CT molecular complexity index is 777. The summed E-state index contributed by atoms with van der Waals surface area (Å²) < 4.78 is 5.36. The summed E-state index contributed by atoms with van der Waals surface area (Å²) in [6.07, 6.45) is 0. The minimum atomic E-state index is -0.510. The summed E-state index contributed by atoms with van der Waals surface area (Å²) >= 11 is 0. The molecule has 1 amide bonds. The fraction of sp³-hybridized carbons (Fsp3) is 0.278. The van der Waals surface area contributed by atoms with Crippen LogP contribution < -0.4 is 15.0 Å². The maximum atomic E-state index is 12.2. The van der Waals surface area contributed by atoms with Crippen molar-refractivity contribution in [3.8, 4) is 5.75 Å². The highest BCUT2D eigenvalue weighted by Crippen LogP contribution is 2.22. The number of hydrogen-bond acceptors (Lipinski definition) is 4. The zero-order valence-corrected chi connectivity index (χ0v) is 14.5. The molecule has 2 aromatic carbocycles. The second-order valence-corrected chi connectivity index (χ2v) is 5.95. The molecule has 1 unspecified atom stereocenters. The van der Waals surface area contributed by atoms with Gasteiger partial charge in [-0.05, 0) is 25.1 Å². The minimum absolute atomic E-state index is 0.117. The predicted octanol–water partition coefficient (Wildman–Crippen LogP) is 1.57. The first-order valence-corrected chi connectivity index (χ1v) is 7.88. The molecule has 0 bridgehead atoms. The molecule has 1 atom stereocenters. The number of nitro benzene ring substituents is 1. The van der Waals surface area contributed by atoms with Gasteiger partial charge in [0.1, 0.15) is 18.0 Å². The molecule has 132 valence electrons. The zero-order chi connectivity index (χ0) is 18.4. The lowest BCUT2D eigenvalue weighted by atomic mass is 10.1. The summed E-state index contributed by atoms with van der Waals surface area (Å²) in [6.45, 7) is 2.79. The van der Waals surface area contributed by atoms with Gasteiger partial charge < -0.3 is 15.0 Å². The number of ether oxygens (including phenoxy) is 1. The number of quaternary nitrogens is 1. The summed E-state index contributed by atoms with van der Waals surface area (Å²) in [6, 6.07) is 12.0. The van der Waals surface area contributed by atoms with Crippen LogP contribution in [0.3, 0.4) is 0 Å². The molecule has 2 rings (SSSR count). The highest BCUT2D eigenvalue weighted by atomic mass is 16.6. The van der Waals surface area contributed by atoms with Crippen LogP contribution in [0, 0.1) is 17.0 Å². The molecule has 7 nitrogen and oxygen atoms in total. The van der Waals surface area contributed by atoms with Crippen molar-refractivity contribution in [2.75, 3.05) is 26.0 Å². The molecule has 2 aromatic rings. The van der Waals surface area contributed by atoms with Crippen LogP contribution in [0.25, 0.3) is 0 Å². The number of benzene rings is 2. The van der Waals surface area contributed by atoms with Crippen molar-refractivity contribution in [2.24, 2.45) is 0 Å². The van der Waals surface area contributed by atoms with Crippen LogP contribution in [0.15, 0.2) is 42.5 Å². The highest BCUT2D eigenvalue weighted by Gasteiger charge is 2.18. The van der Waals surface area contributed by atoms with Crippen molar-refractivity contribution in [1.82, 2.24) is 0 Å². The number of carbonyl (C=O) groups is 1. The largest absolute Gasteiger partial charge is 0.496 e. The first-order valence-electron chi connectivity index (χ1n) is 7.88. The Labute approximate surface area is 146 Å². The molecule has 0 aliphatic heterocycles. The Morgan fingerprint density at radius 2 is 2.00 bits per heavy atom. The number of hydrogen-bond donors (Lipinski definition) is 2. The topological polar surface area (TPSA) is 85.9 Å². The highest BCUT2D eigenvalue weighted by molar-refractivity contribution is 5.93. The Balaban J connectivity index is 2.02. The van der Waals surface area contributed by atoms with Crippen LogP contribution in [-0.4, -0.2) is 31.5 Å². The zero-order valence-electron chi connectivity index (χ0n) is 14.5. The van der Waals surface area contributed by atoms with E-state index in [2.05, 4.69) is 5.32 Å². The van der Waals surface area contributed by atoms with Gasteiger partial charge >= 0.3 is 0 Å². The van der Waals surface area contributed by atoms with Crippen molar-refractivity contribution in [2.45, 2.75) is 13.5 Å². The van der Waals surface area contributed by atoms with Crippen LogP contribution in [0.4, 0.5) is 11.4 Å². The fourth-order valence-corrected chi connectivity index (χ4v) is 2.64. The summed E-state index contributed by atoms with van der Waals surface area (Å²) in [7, 11) is 3.51. The van der Waals surface area contributed by atoms with Gasteiger partial charge in [0.05, 0.1) is 19.1 Å². The predicted molar refractivity (Wildman–Crippen MR) is 94.9 cm³/mol. The van der Waals surface area contributed by atoms with E-state index in [1.54, 1.807) is 19.2 Å². The van der Waals surface area contributed by atoms with Gasteiger partial charge in [0.25, 0.3) is 11.6 Å². The molecule has 0 radical (unpaired) electrons. The van der Waals surface area contributed by atoms with Crippen molar-refractivity contribution < 1.29 is 19.4 Å². The van der Waals surface area contributed by atoms with Crippen LogP contribution in [0.2, 0.25) is 0 Å². The van der Waals surface area contributed by atoms with Gasteiger partial charge in [-0.2, -0.15) is 0 Å². The van der Waals surface area contributed by atoms with Crippen LogP contribution in [-0.2, 0) is 11.3 Å². The number of rotatable bonds is 7. The molecule has 0 aliphatic carbocycles. The lowest BCUT2D eigenvalue weighted by Crippen LogP contribution is -3.08. The number of methoxy groups -OCH3 is 1. The van der Waals surface area contributed by atoms with Crippen molar-refractivity contribution >= 4 is 17.3 Å². The Morgan fingerprint density at radius 1 is 1.28 bits per heavy atom. The molecular formula is C18H22N3O4+. The van der Waals surface area contributed by atoms with E-state index >= 15 is 0 Å². The molecule has 0 aromatic heterocycles. The van der Waals surface area contributed by atoms with Crippen LogP contribution in [0.5, 0.6) is 5.75 Å². The molecule has 0 heterocycles. The SMILES string of the molecule is COc1ccc(C)cc1C[NH+](C)CC(=O)Nc1ccccc1[N+](=O)[O-]. The van der Waals surface area contributed by atoms with Gasteiger partial charge in [0.2, 0.25) is 0 Å². The minimum Gasteiger partial charge on any atom is -0.496 e. The van der Waals surface area contributed by atoms with Gasteiger partial charge in [-0.3, -0.25) is 14.9 Å². The van der Waals surface area contributed by atoms with E-state index in [4.69, 9.17) is 4.74 Å². The van der Waals surface area contributed by atoms with Crippen molar-refractivity contribution in [3.63, 3.8) is 0 Å². The van der Waals surface area contributed by atoms with Crippen molar-refractivity contribution in [3.05, 3.63) is 63.7 Å². The van der Waals surface area contributed by atoms with E-state index < -0.39 is 4.92 Å². The van der Waals surface area contributed by atoms with Crippen LogP contribution in [0.1, 0.15) is 11.1 Å². The molecule has 0 aliphatic rings. The number of nitrogens with one attached hydrogen (secondary N) is 2. The number of anilines is 1. The van der Waals surface area contributed by atoms with Crippen LogP contribution >= 0.6 is 0 Å². The average molecular weight is 344 g/mol. The first kappa shape index (κ1) is 18.4. The fourth-order valence-electron chi connectivity index (χ4n) is 2.64. The van der Waals surface area contributed by atoms with Gasteiger partial charge in [0.15, 0.2) is 6.54 Å². The van der Waals surface area contributed by atoms with Gasteiger partial charge in [-0.25, -0.2) is 0 Å². The molecule has 0 fully saturated rings. The lowest BCUT2D eigenvalue weighted by molar-refractivity contribution is -0.885. The first-order chi connectivity index (χ1) is 11.9. The molecule has 7 heteroatoms. The van der Waals surface area contributed by atoms with E-state index in [0.29, 0.717) is 6.54 Å². The lowest BCUT2D eigenvalue weighted by Gasteiger charge is -2.16. The van der Waals surface area contributed by atoms with Gasteiger partial charge in [-0.1, -0.05) is 23.8 Å². The third kappa shape index (κ3) is 5.02. The average Bonchev–Trinajstić information content (AvgIpc) is 2.55. The number of para-hydroxylation sites is 2. The molecular weight excluding hydrogens is 322 g/mol.